The number of hydrogen-bond donors (Lipinski definition) is 0. The molecule has 4 rings (SSSR count). The van der Waals surface area contributed by atoms with Crippen LogP contribution in [0.25, 0.3) is 11.0 Å². The van der Waals surface area contributed by atoms with Crippen molar-refractivity contribution >= 4 is 22.9 Å². The van der Waals surface area contributed by atoms with Crippen molar-refractivity contribution in [1.29, 1.82) is 0 Å². The van der Waals surface area contributed by atoms with Crippen molar-refractivity contribution in [2.24, 2.45) is 0 Å². The highest BCUT2D eigenvalue weighted by atomic mass is 16.5. The molecule has 0 fully saturated rings. The van der Waals surface area contributed by atoms with E-state index < -0.39 is 11.9 Å². The number of fused-ring (bicyclic) bond motifs is 1. The lowest BCUT2D eigenvalue weighted by Gasteiger charge is -2.10. The number of rotatable bonds is 8. The lowest BCUT2D eigenvalue weighted by molar-refractivity contribution is -0.133. The van der Waals surface area contributed by atoms with E-state index in [1.165, 1.54) is 18.2 Å². The number of aryl methyl sites for hydroxylation is 1. The Morgan fingerprint density at radius 2 is 1.63 bits per heavy atom. The monoisotopic (exact) mass is 472 g/mol. The Hall–Kier alpha value is -4.39. The van der Waals surface area contributed by atoms with Crippen LogP contribution in [0.5, 0.6) is 17.2 Å². The SMILES string of the molecule is CCCOC(=O)c1ccc(Oc2c(C)oc3cc(OC(=O)Cc4ccccc4)ccc3c2=O)cc1. The van der Waals surface area contributed by atoms with Gasteiger partial charge in [0.25, 0.3) is 0 Å². The number of esters is 2. The normalized spacial score (nSPS) is 10.7. The summed E-state index contributed by atoms with van der Waals surface area (Å²) in [7, 11) is 0. The maximum absolute atomic E-state index is 13.1. The molecule has 1 heterocycles. The van der Waals surface area contributed by atoms with E-state index in [4.69, 9.17) is 18.6 Å². The molecular weight excluding hydrogens is 448 g/mol. The van der Waals surface area contributed by atoms with Gasteiger partial charge in [0, 0.05) is 6.07 Å². The van der Waals surface area contributed by atoms with Gasteiger partial charge in [0.15, 0.2) is 0 Å². The third-order valence-electron chi connectivity index (χ3n) is 5.16. The Kier molecular flexibility index (Phi) is 7.26. The summed E-state index contributed by atoms with van der Waals surface area (Å²) in [4.78, 5) is 37.3. The summed E-state index contributed by atoms with van der Waals surface area (Å²) in [5.74, 6) is 0.115. The zero-order chi connectivity index (χ0) is 24.8. The lowest BCUT2D eigenvalue weighted by Crippen LogP contribution is -2.12. The minimum atomic E-state index is -0.420. The molecular formula is C28H24O7. The smallest absolute Gasteiger partial charge is 0.338 e. The van der Waals surface area contributed by atoms with Crippen LogP contribution in [0.15, 0.2) is 82.0 Å². The molecule has 0 radical (unpaired) electrons. The number of hydrogen-bond acceptors (Lipinski definition) is 7. The first-order valence-corrected chi connectivity index (χ1v) is 11.2. The third kappa shape index (κ3) is 5.76. The van der Waals surface area contributed by atoms with Gasteiger partial charge in [-0.25, -0.2) is 4.79 Å². The topological polar surface area (TPSA) is 92.0 Å². The molecule has 0 saturated carbocycles. The van der Waals surface area contributed by atoms with Gasteiger partial charge < -0.3 is 18.6 Å². The van der Waals surface area contributed by atoms with Crippen LogP contribution in [-0.4, -0.2) is 18.5 Å². The zero-order valence-corrected chi connectivity index (χ0v) is 19.4. The Labute approximate surface area is 201 Å². The van der Waals surface area contributed by atoms with Crippen LogP contribution in [0, 0.1) is 6.92 Å². The van der Waals surface area contributed by atoms with Crippen molar-refractivity contribution in [2.45, 2.75) is 26.7 Å². The highest BCUT2D eigenvalue weighted by Gasteiger charge is 2.16. The van der Waals surface area contributed by atoms with Crippen molar-refractivity contribution in [3.05, 3.63) is 99.9 Å². The van der Waals surface area contributed by atoms with Gasteiger partial charge in [0.2, 0.25) is 11.2 Å². The lowest BCUT2D eigenvalue weighted by atomic mass is 10.1. The molecule has 0 aliphatic heterocycles. The molecule has 0 spiro atoms. The number of carbonyl (C=O) groups excluding carboxylic acids is 2. The second kappa shape index (κ2) is 10.7. The zero-order valence-electron chi connectivity index (χ0n) is 19.4. The molecule has 178 valence electrons. The summed E-state index contributed by atoms with van der Waals surface area (Å²) in [6.07, 6.45) is 0.866. The van der Waals surface area contributed by atoms with E-state index in [1.54, 1.807) is 31.2 Å². The molecule has 0 unspecified atom stereocenters. The first-order chi connectivity index (χ1) is 16.9. The van der Waals surface area contributed by atoms with Crippen molar-refractivity contribution < 1.29 is 28.2 Å². The number of carbonyl (C=O) groups is 2. The quantitative estimate of drug-likeness (QED) is 0.243. The van der Waals surface area contributed by atoms with Crippen molar-refractivity contribution in [2.75, 3.05) is 6.61 Å². The molecule has 4 aromatic rings. The Morgan fingerprint density at radius 3 is 2.34 bits per heavy atom. The van der Waals surface area contributed by atoms with E-state index in [2.05, 4.69) is 0 Å². The standard InChI is InChI=1S/C28H24O7/c1-3-15-32-28(31)20-9-11-21(12-10-20)35-27-18(2)33-24-17-22(13-14-23(24)26(27)30)34-25(29)16-19-7-5-4-6-8-19/h4-14,17H,3,15-16H2,1-2H3. The first-order valence-electron chi connectivity index (χ1n) is 11.2. The third-order valence-corrected chi connectivity index (χ3v) is 5.16. The summed E-state index contributed by atoms with van der Waals surface area (Å²) < 4.78 is 22.1. The molecule has 0 N–H and O–H groups in total. The summed E-state index contributed by atoms with van der Waals surface area (Å²) in [6, 6.07) is 20.2. The van der Waals surface area contributed by atoms with Crippen LogP contribution in [0.2, 0.25) is 0 Å². The average molecular weight is 472 g/mol. The van der Waals surface area contributed by atoms with Gasteiger partial charge in [-0.15, -0.1) is 0 Å². The predicted molar refractivity (Wildman–Crippen MR) is 130 cm³/mol. The van der Waals surface area contributed by atoms with Crippen LogP contribution in [0.3, 0.4) is 0 Å². The van der Waals surface area contributed by atoms with Crippen molar-refractivity contribution in [1.82, 2.24) is 0 Å². The molecule has 35 heavy (non-hydrogen) atoms. The van der Waals surface area contributed by atoms with Gasteiger partial charge in [0.05, 0.1) is 24.0 Å². The summed E-state index contributed by atoms with van der Waals surface area (Å²) in [6.45, 7) is 3.88. The van der Waals surface area contributed by atoms with Gasteiger partial charge in [-0.3, -0.25) is 9.59 Å². The molecule has 7 heteroatoms. The second-order valence-corrected chi connectivity index (χ2v) is 7.87. The summed E-state index contributed by atoms with van der Waals surface area (Å²) in [5, 5.41) is 0.285. The molecule has 0 bridgehead atoms. The summed E-state index contributed by atoms with van der Waals surface area (Å²) >= 11 is 0. The molecule has 1 aromatic heterocycles. The fourth-order valence-corrected chi connectivity index (χ4v) is 3.43. The van der Waals surface area contributed by atoms with Crippen molar-refractivity contribution in [3.63, 3.8) is 0 Å². The molecule has 0 aliphatic carbocycles. The molecule has 0 aliphatic rings. The van der Waals surface area contributed by atoms with Gasteiger partial charge in [-0.1, -0.05) is 37.3 Å². The predicted octanol–water partition coefficient (Wildman–Crippen LogP) is 5.61. The van der Waals surface area contributed by atoms with E-state index in [9.17, 15) is 14.4 Å². The van der Waals surface area contributed by atoms with E-state index in [0.717, 1.165) is 12.0 Å². The minimum Gasteiger partial charge on any atom is -0.462 e. The minimum absolute atomic E-state index is 0.0348. The Balaban J connectivity index is 1.51. The molecule has 0 amide bonds. The Bertz CT molecular complexity index is 1400. The van der Waals surface area contributed by atoms with Crippen LogP contribution in [-0.2, 0) is 16.0 Å². The highest BCUT2D eigenvalue weighted by molar-refractivity contribution is 5.89. The van der Waals surface area contributed by atoms with Gasteiger partial charge in [0.1, 0.15) is 22.8 Å². The molecule has 7 nitrogen and oxygen atoms in total. The van der Waals surface area contributed by atoms with E-state index >= 15 is 0 Å². The fourth-order valence-electron chi connectivity index (χ4n) is 3.43. The van der Waals surface area contributed by atoms with Crippen LogP contribution < -0.4 is 14.9 Å². The van der Waals surface area contributed by atoms with Gasteiger partial charge >= 0.3 is 11.9 Å². The highest BCUT2D eigenvalue weighted by Crippen LogP contribution is 2.28. The fraction of sp³-hybridized carbons (Fsp3) is 0.179. The molecule has 0 atom stereocenters. The number of ether oxygens (including phenoxy) is 3. The van der Waals surface area contributed by atoms with E-state index in [1.807, 2.05) is 37.3 Å². The summed E-state index contributed by atoms with van der Waals surface area (Å²) in [5.41, 5.74) is 1.15. The maximum atomic E-state index is 13.1. The largest absolute Gasteiger partial charge is 0.462 e. The first kappa shape index (κ1) is 23.8. The van der Waals surface area contributed by atoms with Crippen molar-refractivity contribution in [3.8, 4) is 17.2 Å². The maximum Gasteiger partial charge on any atom is 0.338 e. The van der Waals surface area contributed by atoms with Crippen LogP contribution >= 0.6 is 0 Å². The van der Waals surface area contributed by atoms with Gasteiger partial charge in [-0.2, -0.15) is 0 Å². The van der Waals surface area contributed by atoms with Crippen LogP contribution in [0.4, 0.5) is 0 Å². The molecule has 0 saturated heterocycles. The van der Waals surface area contributed by atoms with E-state index in [-0.39, 0.29) is 40.1 Å². The average Bonchev–Trinajstić information content (AvgIpc) is 2.86. The van der Waals surface area contributed by atoms with Gasteiger partial charge in [-0.05, 0) is 55.3 Å². The molecule has 3 aromatic carbocycles. The van der Waals surface area contributed by atoms with Crippen LogP contribution in [0.1, 0.15) is 35.0 Å². The second-order valence-electron chi connectivity index (χ2n) is 7.87. The Morgan fingerprint density at radius 1 is 0.914 bits per heavy atom. The number of benzene rings is 3. The van der Waals surface area contributed by atoms with E-state index in [0.29, 0.717) is 17.9 Å².